The molecule has 1 saturated heterocycles. The molecule has 7 heteroatoms. The first-order chi connectivity index (χ1) is 13.0. The molecule has 1 N–H and O–H groups in total. The highest BCUT2D eigenvalue weighted by Gasteiger charge is 2.27. The summed E-state index contributed by atoms with van der Waals surface area (Å²) in [5.41, 5.74) is 1.48. The summed E-state index contributed by atoms with van der Waals surface area (Å²) in [6, 6.07) is 12.8. The number of ketones is 1. The highest BCUT2D eigenvalue weighted by molar-refractivity contribution is 6.39. The van der Waals surface area contributed by atoms with E-state index in [9.17, 15) is 18.8 Å². The second-order valence-electron chi connectivity index (χ2n) is 6.32. The molecule has 1 aliphatic rings. The summed E-state index contributed by atoms with van der Waals surface area (Å²) in [4.78, 5) is 39.1. The molecule has 1 heterocycles. The lowest BCUT2D eigenvalue weighted by Crippen LogP contribution is -2.51. The molecule has 0 aromatic heterocycles. The normalized spacial score (nSPS) is 14.0. The van der Waals surface area contributed by atoms with Gasteiger partial charge in [-0.2, -0.15) is 0 Å². The first kappa shape index (κ1) is 18.6. The second kappa shape index (κ2) is 7.99. The molecule has 0 unspecified atom stereocenters. The Labute approximate surface area is 156 Å². The maximum absolute atomic E-state index is 13.9. The largest absolute Gasteiger partial charge is 0.366 e. The van der Waals surface area contributed by atoms with Crippen LogP contribution < -0.4 is 10.2 Å². The highest BCUT2D eigenvalue weighted by Crippen LogP contribution is 2.20. The van der Waals surface area contributed by atoms with Crippen LogP contribution in [0, 0.1) is 5.82 Å². The lowest BCUT2D eigenvalue weighted by atomic mass is 10.1. The van der Waals surface area contributed by atoms with Crippen LogP contribution in [0.3, 0.4) is 0 Å². The van der Waals surface area contributed by atoms with Crippen molar-refractivity contribution in [2.75, 3.05) is 36.4 Å². The topological polar surface area (TPSA) is 69.7 Å². The number of Topliss-reactive ketones (excluding diaryl/α,β-unsaturated/α-hetero) is 1. The summed E-state index contributed by atoms with van der Waals surface area (Å²) >= 11 is 0. The van der Waals surface area contributed by atoms with Gasteiger partial charge < -0.3 is 15.1 Å². The smallest absolute Gasteiger partial charge is 0.313 e. The number of para-hydroxylation sites is 1. The standard InChI is InChI=1S/C20H20FN3O3/c1-14(25)15-6-8-16(9-7-15)22-19(26)20(27)24-12-10-23(11-13-24)18-5-3-2-4-17(18)21/h2-9H,10-13H2,1H3,(H,22,26). The van der Waals surface area contributed by atoms with E-state index in [-0.39, 0.29) is 11.6 Å². The number of halogens is 1. The molecule has 1 aliphatic heterocycles. The number of rotatable bonds is 3. The molecule has 140 valence electrons. The number of nitrogens with zero attached hydrogens (tertiary/aromatic N) is 2. The Bertz CT molecular complexity index is 859. The molecular formula is C20H20FN3O3. The molecule has 0 atom stereocenters. The van der Waals surface area contributed by atoms with E-state index in [0.29, 0.717) is 43.1 Å². The number of anilines is 2. The number of carbonyl (C=O) groups is 3. The molecule has 0 saturated carbocycles. The summed E-state index contributed by atoms with van der Waals surface area (Å²) in [6.45, 7) is 3.03. The van der Waals surface area contributed by atoms with E-state index < -0.39 is 11.8 Å². The van der Waals surface area contributed by atoms with Gasteiger partial charge in [0.1, 0.15) is 5.82 Å². The van der Waals surface area contributed by atoms with Gasteiger partial charge in [0.2, 0.25) is 0 Å². The average molecular weight is 369 g/mol. The molecule has 0 aliphatic carbocycles. The molecule has 1 fully saturated rings. The van der Waals surface area contributed by atoms with Gasteiger partial charge in [0.15, 0.2) is 5.78 Å². The minimum atomic E-state index is -0.732. The van der Waals surface area contributed by atoms with Crippen molar-refractivity contribution in [3.63, 3.8) is 0 Å². The van der Waals surface area contributed by atoms with Crippen molar-refractivity contribution in [1.82, 2.24) is 4.90 Å². The van der Waals surface area contributed by atoms with Crippen molar-refractivity contribution in [2.45, 2.75) is 6.92 Å². The Hall–Kier alpha value is -3.22. The van der Waals surface area contributed by atoms with Crippen molar-refractivity contribution in [2.24, 2.45) is 0 Å². The second-order valence-corrected chi connectivity index (χ2v) is 6.32. The Morgan fingerprint density at radius 1 is 0.926 bits per heavy atom. The molecule has 6 nitrogen and oxygen atoms in total. The molecule has 2 aromatic carbocycles. The van der Waals surface area contributed by atoms with Crippen LogP contribution >= 0.6 is 0 Å². The molecule has 3 rings (SSSR count). The number of hydrogen-bond acceptors (Lipinski definition) is 4. The minimum Gasteiger partial charge on any atom is -0.366 e. The van der Waals surface area contributed by atoms with Gasteiger partial charge in [-0.25, -0.2) is 4.39 Å². The summed E-state index contributed by atoms with van der Waals surface area (Å²) in [6.07, 6.45) is 0. The maximum Gasteiger partial charge on any atom is 0.313 e. The number of carbonyl (C=O) groups excluding carboxylic acids is 3. The van der Waals surface area contributed by atoms with Gasteiger partial charge in [-0.1, -0.05) is 12.1 Å². The quantitative estimate of drug-likeness (QED) is 0.666. The van der Waals surface area contributed by atoms with E-state index in [4.69, 9.17) is 0 Å². The van der Waals surface area contributed by atoms with Crippen molar-refractivity contribution in [1.29, 1.82) is 0 Å². The van der Waals surface area contributed by atoms with Gasteiger partial charge in [-0.3, -0.25) is 14.4 Å². The van der Waals surface area contributed by atoms with Gasteiger partial charge in [0, 0.05) is 37.4 Å². The van der Waals surface area contributed by atoms with Crippen molar-refractivity contribution < 1.29 is 18.8 Å². The third-order valence-corrected chi connectivity index (χ3v) is 4.50. The van der Waals surface area contributed by atoms with Gasteiger partial charge in [0.25, 0.3) is 0 Å². The predicted molar refractivity (Wildman–Crippen MR) is 100 cm³/mol. The Morgan fingerprint density at radius 2 is 1.56 bits per heavy atom. The fraction of sp³-hybridized carbons (Fsp3) is 0.250. The van der Waals surface area contributed by atoms with E-state index in [0.717, 1.165) is 0 Å². The SMILES string of the molecule is CC(=O)c1ccc(NC(=O)C(=O)N2CCN(c3ccccc3F)CC2)cc1. The van der Waals surface area contributed by atoms with Gasteiger partial charge in [-0.15, -0.1) is 0 Å². The lowest BCUT2D eigenvalue weighted by Gasteiger charge is -2.35. The molecule has 2 amide bonds. The molecule has 0 radical (unpaired) electrons. The first-order valence-corrected chi connectivity index (χ1v) is 8.66. The summed E-state index contributed by atoms with van der Waals surface area (Å²) in [5, 5.41) is 2.54. The van der Waals surface area contributed by atoms with Crippen LogP contribution in [0.4, 0.5) is 15.8 Å². The number of amides is 2. The number of nitrogens with one attached hydrogen (secondary N) is 1. The van der Waals surface area contributed by atoms with Crippen LogP contribution in [-0.4, -0.2) is 48.7 Å². The third-order valence-electron chi connectivity index (χ3n) is 4.50. The Balaban J connectivity index is 1.56. The van der Waals surface area contributed by atoms with E-state index >= 15 is 0 Å². The number of hydrogen-bond donors (Lipinski definition) is 1. The Kier molecular flexibility index (Phi) is 5.49. The van der Waals surface area contributed by atoms with Crippen molar-refractivity contribution >= 4 is 29.0 Å². The zero-order valence-electron chi connectivity index (χ0n) is 14.9. The summed E-state index contributed by atoms with van der Waals surface area (Å²) in [7, 11) is 0. The van der Waals surface area contributed by atoms with Crippen LogP contribution in [0.25, 0.3) is 0 Å². The number of benzene rings is 2. The predicted octanol–water partition coefficient (Wildman–Crippen LogP) is 2.32. The highest BCUT2D eigenvalue weighted by atomic mass is 19.1. The molecule has 27 heavy (non-hydrogen) atoms. The molecule has 0 bridgehead atoms. The van der Waals surface area contributed by atoms with Crippen molar-refractivity contribution in [3.05, 3.63) is 59.9 Å². The van der Waals surface area contributed by atoms with E-state index in [1.54, 1.807) is 42.5 Å². The van der Waals surface area contributed by atoms with Gasteiger partial charge >= 0.3 is 11.8 Å². The molecular weight excluding hydrogens is 349 g/mol. The van der Waals surface area contributed by atoms with Crippen molar-refractivity contribution in [3.8, 4) is 0 Å². The average Bonchev–Trinajstić information content (AvgIpc) is 2.68. The summed E-state index contributed by atoms with van der Waals surface area (Å²) < 4.78 is 13.9. The van der Waals surface area contributed by atoms with Crippen LogP contribution in [0.15, 0.2) is 48.5 Å². The molecule has 2 aromatic rings. The third kappa shape index (κ3) is 4.31. The lowest BCUT2D eigenvalue weighted by molar-refractivity contribution is -0.143. The zero-order valence-corrected chi connectivity index (χ0v) is 14.9. The van der Waals surface area contributed by atoms with E-state index in [2.05, 4.69) is 5.32 Å². The first-order valence-electron chi connectivity index (χ1n) is 8.66. The number of piperazine rings is 1. The summed E-state index contributed by atoms with van der Waals surface area (Å²) in [5.74, 6) is -1.73. The molecule has 0 spiro atoms. The van der Waals surface area contributed by atoms with E-state index in [1.165, 1.54) is 17.9 Å². The zero-order chi connectivity index (χ0) is 19.4. The maximum atomic E-state index is 13.9. The van der Waals surface area contributed by atoms with Crippen LogP contribution in [0.2, 0.25) is 0 Å². The van der Waals surface area contributed by atoms with Crippen LogP contribution in [0.1, 0.15) is 17.3 Å². The van der Waals surface area contributed by atoms with Crippen LogP contribution in [0.5, 0.6) is 0 Å². The van der Waals surface area contributed by atoms with Gasteiger partial charge in [0.05, 0.1) is 5.69 Å². The van der Waals surface area contributed by atoms with Crippen LogP contribution in [-0.2, 0) is 9.59 Å². The fourth-order valence-electron chi connectivity index (χ4n) is 2.98. The van der Waals surface area contributed by atoms with E-state index in [1.807, 2.05) is 4.90 Å². The van der Waals surface area contributed by atoms with Gasteiger partial charge in [-0.05, 0) is 43.3 Å². The monoisotopic (exact) mass is 369 g/mol. The minimum absolute atomic E-state index is 0.0725. The Morgan fingerprint density at radius 3 is 2.15 bits per heavy atom. The fourth-order valence-corrected chi connectivity index (χ4v) is 2.98.